The molecule has 0 saturated carbocycles. The summed E-state index contributed by atoms with van der Waals surface area (Å²) in [5.41, 5.74) is -1.04. The number of rotatable bonds is 4. The molecule has 4 nitrogen and oxygen atoms in total. The van der Waals surface area contributed by atoms with Crippen LogP contribution in [0.5, 0.6) is 0 Å². The van der Waals surface area contributed by atoms with Gasteiger partial charge in [-0.15, -0.1) is 11.3 Å². The van der Waals surface area contributed by atoms with E-state index in [4.69, 9.17) is 5.26 Å². The molecule has 1 aromatic heterocycles. The Morgan fingerprint density at radius 2 is 2.19 bits per heavy atom. The van der Waals surface area contributed by atoms with Crippen LogP contribution < -0.4 is 4.72 Å². The zero-order chi connectivity index (χ0) is 12.4. The molecule has 1 aromatic rings. The van der Waals surface area contributed by atoms with Crippen LogP contribution in [0.2, 0.25) is 0 Å². The number of nitrogens with zero attached hydrogens (tertiary/aromatic N) is 1. The maximum absolute atomic E-state index is 11.9. The standard InChI is InChI=1S/C10H14N2O2S2/c1-4-10(3,7-11)12-16(13,14)9-6-5-8(2)15-9/h5-6,12H,4H2,1-3H3. The van der Waals surface area contributed by atoms with Crippen molar-refractivity contribution in [1.29, 1.82) is 5.26 Å². The van der Waals surface area contributed by atoms with Crippen molar-refractivity contribution in [3.63, 3.8) is 0 Å². The highest BCUT2D eigenvalue weighted by atomic mass is 32.2. The highest BCUT2D eigenvalue weighted by molar-refractivity contribution is 7.91. The first-order valence-electron chi connectivity index (χ1n) is 4.84. The van der Waals surface area contributed by atoms with Crippen LogP contribution in [0.15, 0.2) is 16.3 Å². The fourth-order valence-corrected chi connectivity index (χ4v) is 3.76. The Bertz CT molecular complexity index is 513. The fraction of sp³-hybridized carbons (Fsp3) is 0.500. The molecule has 1 heterocycles. The molecule has 0 amide bonds. The average molecular weight is 258 g/mol. The van der Waals surface area contributed by atoms with Gasteiger partial charge in [-0.3, -0.25) is 0 Å². The Hall–Kier alpha value is -0.900. The zero-order valence-electron chi connectivity index (χ0n) is 9.44. The monoisotopic (exact) mass is 258 g/mol. The van der Waals surface area contributed by atoms with Gasteiger partial charge in [-0.25, -0.2) is 8.42 Å². The molecule has 0 spiro atoms. The molecule has 6 heteroatoms. The van der Waals surface area contributed by atoms with Crippen LogP contribution in [0.4, 0.5) is 0 Å². The van der Waals surface area contributed by atoms with Gasteiger partial charge in [0.05, 0.1) is 6.07 Å². The van der Waals surface area contributed by atoms with E-state index >= 15 is 0 Å². The van der Waals surface area contributed by atoms with Gasteiger partial charge < -0.3 is 0 Å². The molecule has 16 heavy (non-hydrogen) atoms. The highest BCUT2D eigenvalue weighted by Crippen LogP contribution is 2.22. The molecule has 0 radical (unpaired) electrons. The number of aryl methyl sites for hydroxylation is 1. The van der Waals surface area contributed by atoms with Gasteiger partial charge in [-0.05, 0) is 32.4 Å². The lowest BCUT2D eigenvalue weighted by Gasteiger charge is -2.20. The Labute approximate surface area is 100.0 Å². The maximum Gasteiger partial charge on any atom is 0.251 e. The fourth-order valence-electron chi connectivity index (χ4n) is 1.08. The lowest BCUT2D eigenvalue weighted by Crippen LogP contribution is -2.43. The van der Waals surface area contributed by atoms with Gasteiger partial charge in [0, 0.05) is 4.88 Å². The second kappa shape index (κ2) is 4.53. The Kier molecular flexibility index (Phi) is 3.73. The number of hydrogen-bond donors (Lipinski definition) is 1. The summed E-state index contributed by atoms with van der Waals surface area (Å²) in [7, 11) is -3.58. The third-order valence-corrected chi connectivity index (χ3v) is 5.38. The molecule has 0 aliphatic rings. The van der Waals surface area contributed by atoms with Crippen LogP contribution in [-0.2, 0) is 10.0 Å². The van der Waals surface area contributed by atoms with E-state index in [0.29, 0.717) is 6.42 Å². The molecule has 1 rings (SSSR count). The molecule has 0 saturated heterocycles. The van der Waals surface area contributed by atoms with Gasteiger partial charge in [-0.2, -0.15) is 9.98 Å². The topological polar surface area (TPSA) is 70.0 Å². The number of sulfonamides is 1. The van der Waals surface area contributed by atoms with E-state index in [1.54, 1.807) is 26.0 Å². The summed E-state index contributed by atoms with van der Waals surface area (Å²) in [6.45, 7) is 5.18. The second-order valence-electron chi connectivity index (χ2n) is 3.77. The molecule has 0 aromatic carbocycles. The lowest BCUT2D eigenvalue weighted by atomic mass is 10.0. The maximum atomic E-state index is 11.9. The molecule has 0 aliphatic carbocycles. The number of hydrogen-bond acceptors (Lipinski definition) is 4. The van der Waals surface area contributed by atoms with E-state index in [1.807, 2.05) is 13.0 Å². The van der Waals surface area contributed by atoms with Crippen molar-refractivity contribution in [2.24, 2.45) is 0 Å². The van der Waals surface area contributed by atoms with E-state index in [-0.39, 0.29) is 4.21 Å². The number of thiophene rings is 1. The Balaban J connectivity index is 3.02. The summed E-state index contributed by atoms with van der Waals surface area (Å²) in [5, 5.41) is 8.93. The van der Waals surface area contributed by atoms with Crippen molar-refractivity contribution >= 4 is 21.4 Å². The number of nitrogens with one attached hydrogen (secondary N) is 1. The minimum atomic E-state index is -3.58. The summed E-state index contributed by atoms with van der Waals surface area (Å²) >= 11 is 1.20. The number of nitriles is 1. The quantitative estimate of drug-likeness (QED) is 0.898. The van der Waals surface area contributed by atoms with Crippen LogP contribution in [0.25, 0.3) is 0 Å². The largest absolute Gasteiger partial charge is 0.251 e. The van der Waals surface area contributed by atoms with E-state index in [2.05, 4.69) is 4.72 Å². The summed E-state index contributed by atoms with van der Waals surface area (Å²) in [4.78, 5) is 0.926. The first-order valence-corrected chi connectivity index (χ1v) is 7.14. The van der Waals surface area contributed by atoms with Crippen LogP contribution >= 0.6 is 11.3 Å². The van der Waals surface area contributed by atoms with E-state index < -0.39 is 15.6 Å². The first kappa shape index (κ1) is 13.2. The minimum absolute atomic E-state index is 0.250. The summed E-state index contributed by atoms with van der Waals surface area (Å²) in [6.07, 6.45) is 0.424. The normalized spacial score (nSPS) is 15.4. The SMILES string of the molecule is CCC(C)(C#N)NS(=O)(=O)c1ccc(C)s1. The molecular formula is C10H14N2O2S2. The molecular weight excluding hydrogens is 244 g/mol. The summed E-state index contributed by atoms with van der Waals surface area (Å²) in [6, 6.07) is 5.27. The lowest BCUT2D eigenvalue weighted by molar-refractivity contribution is 0.496. The van der Waals surface area contributed by atoms with Gasteiger partial charge >= 0.3 is 0 Å². The third kappa shape index (κ3) is 2.82. The molecule has 0 aliphatic heterocycles. The van der Waals surface area contributed by atoms with Crippen molar-refractivity contribution in [3.8, 4) is 6.07 Å². The zero-order valence-corrected chi connectivity index (χ0v) is 11.1. The van der Waals surface area contributed by atoms with E-state index in [9.17, 15) is 8.42 Å². The highest BCUT2D eigenvalue weighted by Gasteiger charge is 2.29. The van der Waals surface area contributed by atoms with Crippen molar-refractivity contribution < 1.29 is 8.42 Å². The first-order chi connectivity index (χ1) is 7.33. The van der Waals surface area contributed by atoms with Gasteiger partial charge in [0.25, 0.3) is 10.0 Å². The summed E-state index contributed by atoms with van der Waals surface area (Å²) in [5.74, 6) is 0. The predicted molar refractivity (Wildman–Crippen MR) is 63.7 cm³/mol. The van der Waals surface area contributed by atoms with Crippen molar-refractivity contribution in [3.05, 3.63) is 17.0 Å². The van der Waals surface area contributed by atoms with Gasteiger partial charge in [0.2, 0.25) is 0 Å². The van der Waals surface area contributed by atoms with Gasteiger partial charge in [-0.1, -0.05) is 6.92 Å². The van der Waals surface area contributed by atoms with Crippen LogP contribution in [-0.4, -0.2) is 14.0 Å². The second-order valence-corrected chi connectivity index (χ2v) is 6.97. The molecule has 1 unspecified atom stereocenters. The van der Waals surface area contributed by atoms with Gasteiger partial charge in [0.15, 0.2) is 0 Å². The van der Waals surface area contributed by atoms with Crippen molar-refractivity contribution in [1.82, 2.24) is 4.72 Å². The smallest absolute Gasteiger partial charge is 0.206 e. The molecule has 1 atom stereocenters. The van der Waals surface area contributed by atoms with Gasteiger partial charge in [0.1, 0.15) is 9.75 Å². The minimum Gasteiger partial charge on any atom is -0.206 e. The summed E-state index contributed by atoms with van der Waals surface area (Å²) < 4.78 is 26.5. The van der Waals surface area contributed by atoms with E-state index in [0.717, 1.165) is 4.88 Å². The van der Waals surface area contributed by atoms with Crippen molar-refractivity contribution in [2.45, 2.75) is 36.9 Å². The molecule has 0 fully saturated rings. The third-order valence-electron chi connectivity index (χ3n) is 2.29. The Morgan fingerprint density at radius 3 is 2.56 bits per heavy atom. The van der Waals surface area contributed by atoms with Crippen LogP contribution in [0, 0.1) is 18.3 Å². The predicted octanol–water partition coefficient (Wildman–Crippen LogP) is 2.03. The van der Waals surface area contributed by atoms with Crippen LogP contribution in [0.1, 0.15) is 25.1 Å². The average Bonchev–Trinajstić information content (AvgIpc) is 2.65. The molecule has 88 valence electrons. The van der Waals surface area contributed by atoms with Crippen LogP contribution in [0.3, 0.4) is 0 Å². The van der Waals surface area contributed by atoms with E-state index in [1.165, 1.54) is 11.3 Å². The molecule has 0 bridgehead atoms. The Morgan fingerprint density at radius 1 is 1.56 bits per heavy atom. The molecule has 1 N–H and O–H groups in total. The van der Waals surface area contributed by atoms with Crippen molar-refractivity contribution in [2.75, 3.05) is 0 Å².